The average Bonchev–Trinajstić information content (AvgIpc) is 3.08. The van der Waals surface area contributed by atoms with Gasteiger partial charge in [-0.3, -0.25) is 4.79 Å². The lowest BCUT2D eigenvalue weighted by Gasteiger charge is -2.18. The number of carbonyl (C=O) groups is 1. The second-order valence-corrected chi connectivity index (χ2v) is 7.74. The molecule has 31 heavy (non-hydrogen) atoms. The summed E-state index contributed by atoms with van der Waals surface area (Å²) >= 11 is 6.16. The fourth-order valence-corrected chi connectivity index (χ4v) is 3.44. The Hall–Kier alpha value is -3.06. The molecule has 0 saturated heterocycles. The van der Waals surface area contributed by atoms with Crippen molar-refractivity contribution in [3.05, 3.63) is 64.1 Å². The van der Waals surface area contributed by atoms with Gasteiger partial charge in [-0.25, -0.2) is 4.39 Å². The zero-order valence-electron chi connectivity index (χ0n) is 18.0. The zero-order valence-corrected chi connectivity index (χ0v) is 18.7. The van der Waals surface area contributed by atoms with E-state index in [-0.39, 0.29) is 39.7 Å². The molecule has 8 heteroatoms. The highest BCUT2D eigenvalue weighted by Gasteiger charge is 2.26. The summed E-state index contributed by atoms with van der Waals surface area (Å²) in [6.07, 6.45) is -0.00271. The number of benzene rings is 2. The molecule has 0 radical (unpaired) electrons. The molecule has 3 rings (SSSR count). The van der Waals surface area contributed by atoms with Crippen LogP contribution in [0.3, 0.4) is 0 Å². The van der Waals surface area contributed by atoms with E-state index >= 15 is 0 Å². The van der Waals surface area contributed by atoms with Crippen molar-refractivity contribution in [1.29, 1.82) is 0 Å². The number of aromatic nitrogens is 1. The molecule has 0 aliphatic carbocycles. The van der Waals surface area contributed by atoms with E-state index in [9.17, 15) is 9.18 Å². The van der Waals surface area contributed by atoms with Gasteiger partial charge in [-0.15, -0.1) is 0 Å². The van der Waals surface area contributed by atoms with Crippen LogP contribution < -0.4 is 14.8 Å². The van der Waals surface area contributed by atoms with Gasteiger partial charge in [0.25, 0.3) is 5.91 Å². The lowest BCUT2D eigenvalue weighted by molar-refractivity contribution is 0.0939. The highest BCUT2D eigenvalue weighted by Crippen LogP contribution is 2.34. The zero-order chi connectivity index (χ0) is 22.7. The molecule has 0 saturated carbocycles. The van der Waals surface area contributed by atoms with Crippen LogP contribution in [0.2, 0.25) is 5.02 Å². The minimum atomic E-state index is -0.589. The molecule has 0 fully saturated rings. The molecule has 6 nitrogen and oxygen atoms in total. The molecule has 3 aromatic rings. The number of carbonyl (C=O) groups excluding carboxylic acids is 1. The van der Waals surface area contributed by atoms with E-state index in [2.05, 4.69) is 10.5 Å². The van der Waals surface area contributed by atoms with Crippen LogP contribution in [-0.4, -0.2) is 24.3 Å². The molecule has 1 heterocycles. The van der Waals surface area contributed by atoms with Gasteiger partial charge in [0.2, 0.25) is 0 Å². The number of ether oxygens (including phenoxy) is 2. The molecule has 1 unspecified atom stereocenters. The molecule has 164 valence electrons. The Morgan fingerprint density at radius 2 is 1.94 bits per heavy atom. The first-order valence-corrected chi connectivity index (χ1v) is 10.2. The Morgan fingerprint density at radius 1 is 1.19 bits per heavy atom. The third-order valence-corrected chi connectivity index (χ3v) is 5.00. The number of methoxy groups -OCH3 is 1. The van der Waals surface area contributed by atoms with Crippen LogP contribution in [0, 0.1) is 12.7 Å². The van der Waals surface area contributed by atoms with E-state index in [1.165, 1.54) is 18.2 Å². The lowest BCUT2D eigenvalue weighted by atomic mass is 10.0. The highest BCUT2D eigenvalue weighted by atomic mass is 35.5. The topological polar surface area (TPSA) is 73.6 Å². The standard InChI is InChI=1S/C23H24ClFN2O4/c1-12(2)30-18-10-9-15(11-19(18)29-5)13(3)26-23(28)20-14(4)31-27-22(20)21-16(24)7-6-8-17(21)25/h6-13H,1-5H3,(H,26,28). The SMILES string of the molecule is COc1cc(C(C)NC(=O)c2c(-c3c(F)cccc3Cl)noc2C)ccc1OC(C)C. The summed E-state index contributed by atoms with van der Waals surface area (Å²) in [6.45, 7) is 7.27. The van der Waals surface area contributed by atoms with Gasteiger partial charge < -0.3 is 19.3 Å². The van der Waals surface area contributed by atoms with Crippen LogP contribution in [0.5, 0.6) is 11.5 Å². The van der Waals surface area contributed by atoms with Crippen molar-refractivity contribution in [1.82, 2.24) is 10.5 Å². The molecule has 0 bridgehead atoms. The molecule has 1 amide bonds. The van der Waals surface area contributed by atoms with Crippen molar-refractivity contribution < 1.29 is 23.2 Å². The molecular weight excluding hydrogens is 423 g/mol. The number of nitrogens with one attached hydrogen (secondary N) is 1. The van der Waals surface area contributed by atoms with Gasteiger partial charge in [-0.05, 0) is 57.5 Å². The highest BCUT2D eigenvalue weighted by molar-refractivity contribution is 6.33. The number of rotatable bonds is 7. The predicted octanol–water partition coefficient (Wildman–Crippen LogP) is 5.73. The van der Waals surface area contributed by atoms with Crippen LogP contribution in [0.1, 0.15) is 48.5 Å². The fourth-order valence-electron chi connectivity index (χ4n) is 3.19. The Bertz CT molecular complexity index is 1080. The molecule has 0 aliphatic rings. The fraction of sp³-hybridized carbons (Fsp3) is 0.304. The van der Waals surface area contributed by atoms with Crippen molar-refractivity contribution in [2.24, 2.45) is 0 Å². The van der Waals surface area contributed by atoms with Crippen molar-refractivity contribution >= 4 is 17.5 Å². The smallest absolute Gasteiger partial charge is 0.257 e. The predicted molar refractivity (Wildman–Crippen MR) is 116 cm³/mol. The normalized spacial score (nSPS) is 12.0. The third kappa shape index (κ3) is 4.82. The summed E-state index contributed by atoms with van der Waals surface area (Å²) < 4.78 is 30.7. The van der Waals surface area contributed by atoms with Crippen LogP contribution in [0.15, 0.2) is 40.9 Å². The number of halogens is 2. The molecular formula is C23H24ClFN2O4. The van der Waals surface area contributed by atoms with Crippen molar-refractivity contribution in [3.63, 3.8) is 0 Å². The number of nitrogens with zero attached hydrogens (tertiary/aromatic N) is 1. The van der Waals surface area contributed by atoms with E-state index in [4.69, 9.17) is 25.6 Å². The molecule has 1 aromatic heterocycles. The first kappa shape index (κ1) is 22.6. The van der Waals surface area contributed by atoms with Crippen molar-refractivity contribution in [2.75, 3.05) is 7.11 Å². The maximum absolute atomic E-state index is 14.4. The summed E-state index contributed by atoms with van der Waals surface area (Å²) in [7, 11) is 1.56. The Kier molecular flexibility index (Phi) is 6.85. The number of amides is 1. The van der Waals surface area contributed by atoms with Gasteiger partial charge in [-0.1, -0.05) is 28.9 Å². The van der Waals surface area contributed by atoms with E-state index in [0.717, 1.165) is 5.56 Å². The molecule has 1 atom stereocenters. The minimum absolute atomic E-state index is 0.00271. The van der Waals surface area contributed by atoms with Gasteiger partial charge in [0, 0.05) is 0 Å². The van der Waals surface area contributed by atoms with E-state index in [1.807, 2.05) is 26.8 Å². The van der Waals surface area contributed by atoms with Gasteiger partial charge >= 0.3 is 0 Å². The first-order valence-electron chi connectivity index (χ1n) is 9.79. The maximum Gasteiger partial charge on any atom is 0.257 e. The monoisotopic (exact) mass is 446 g/mol. The molecule has 0 spiro atoms. The van der Waals surface area contributed by atoms with Crippen LogP contribution in [0.4, 0.5) is 4.39 Å². The van der Waals surface area contributed by atoms with Gasteiger partial charge in [0.05, 0.1) is 29.8 Å². The minimum Gasteiger partial charge on any atom is -0.493 e. The maximum atomic E-state index is 14.4. The van der Waals surface area contributed by atoms with E-state index in [1.54, 1.807) is 26.2 Å². The summed E-state index contributed by atoms with van der Waals surface area (Å²) in [5.41, 5.74) is 1.02. The number of hydrogen-bond donors (Lipinski definition) is 1. The summed E-state index contributed by atoms with van der Waals surface area (Å²) in [4.78, 5) is 13.1. The third-order valence-electron chi connectivity index (χ3n) is 4.69. The number of hydrogen-bond acceptors (Lipinski definition) is 5. The van der Waals surface area contributed by atoms with Gasteiger partial charge in [0.15, 0.2) is 11.5 Å². The largest absolute Gasteiger partial charge is 0.493 e. The van der Waals surface area contributed by atoms with Gasteiger partial charge in [-0.2, -0.15) is 0 Å². The van der Waals surface area contributed by atoms with Crippen LogP contribution in [-0.2, 0) is 0 Å². The van der Waals surface area contributed by atoms with Crippen LogP contribution >= 0.6 is 11.6 Å². The first-order chi connectivity index (χ1) is 14.7. The van der Waals surface area contributed by atoms with E-state index < -0.39 is 11.7 Å². The average molecular weight is 447 g/mol. The van der Waals surface area contributed by atoms with E-state index in [0.29, 0.717) is 11.5 Å². The summed E-state index contributed by atoms with van der Waals surface area (Å²) in [5.74, 6) is 0.395. The summed E-state index contributed by atoms with van der Waals surface area (Å²) in [6, 6.07) is 9.33. The molecule has 1 N–H and O–H groups in total. The second-order valence-electron chi connectivity index (χ2n) is 7.33. The van der Waals surface area contributed by atoms with Crippen molar-refractivity contribution in [3.8, 4) is 22.8 Å². The Labute approximate surface area is 185 Å². The van der Waals surface area contributed by atoms with Crippen LogP contribution in [0.25, 0.3) is 11.3 Å². The quantitative estimate of drug-likeness (QED) is 0.501. The lowest BCUT2D eigenvalue weighted by Crippen LogP contribution is -2.27. The van der Waals surface area contributed by atoms with Gasteiger partial charge in [0.1, 0.15) is 22.8 Å². The van der Waals surface area contributed by atoms with Crippen molar-refractivity contribution in [2.45, 2.75) is 39.8 Å². The molecule has 0 aliphatic heterocycles. The second kappa shape index (κ2) is 9.39. The molecule has 2 aromatic carbocycles. The number of aryl methyl sites for hydroxylation is 1. The Balaban J connectivity index is 1.88. The Morgan fingerprint density at radius 3 is 2.58 bits per heavy atom. The summed E-state index contributed by atoms with van der Waals surface area (Å²) in [5, 5.41) is 6.92.